The van der Waals surface area contributed by atoms with E-state index in [4.69, 9.17) is 17.3 Å². The third-order valence-electron chi connectivity index (χ3n) is 2.61. The molecular formula is C12H11BrClNS. The molecule has 1 unspecified atom stereocenters. The van der Waals surface area contributed by atoms with E-state index in [2.05, 4.69) is 21.3 Å². The van der Waals surface area contributed by atoms with Crippen LogP contribution in [0.4, 0.5) is 0 Å². The number of hydrogen-bond acceptors (Lipinski definition) is 2. The number of benzene rings is 1. The maximum Gasteiger partial charge on any atom is 0.0659 e. The summed E-state index contributed by atoms with van der Waals surface area (Å²) in [6, 6.07) is 7.82. The van der Waals surface area contributed by atoms with Crippen molar-refractivity contribution in [3.63, 3.8) is 0 Å². The van der Waals surface area contributed by atoms with Crippen molar-refractivity contribution in [3.8, 4) is 0 Å². The van der Waals surface area contributed by atoms with Gasteiger partial charge >= 0.3 is 0 Å². The zero-order valence-electron chi connectivity index (χ0n) is 8.71. The van der Waals surface area contributed by atoms with Crippen molar-refractivity contribution in [1.82, 2.24) is 0 Å². The molecule has 0 aliphatic rings. The maximum absolute atomic E-state index is 6.36. The molecule has 0 amide bonds. The van der Waals surface area contributed by atoms with Crippen molar-refractivity contribution in [1.29, 1.82) is 0 Å². The van der Waals surface area contributed by atoms with Crippen LogP contribution in [-0.2, 0) is 5.54 Å². The largest absolute Gasteiger partial charge is 0.318 e. The van der Waals surface area contributed by atoms with Crippen LogP contribution < -0.4 is 5.73 Å². The van der Waals surface area contributed by atoms with Crippen LogP contribution >= 0.6 is 38.9 Å². The summed E-state index contributed by atoms with van der Waals surface area (Å²) in [7, 11) is 0. The van der Waals surface area contributed by atoms with Crippen molar-refractivity contribution in [2.24, 2.45) is 5.73 Å². The Morgan fingerprint density at radius 3 is 2.69 bits per heavy atom. The van der Waals surface area contributed by atoms with Gasteiger partial charge in [0.05, 0.1) is 5.54 Å². The van der Waals surface area contributed by atoms with Gasteiger partial charge in [-0.05, 0) is 47.0 Å². The Morgan fingerprint density at radius 1 is 1.38 bits per heavy atom. The summed E-state index contributed by atoms with van der Waals surface area (Å²) in [6.45, 7) is 1.98. The SMILES string of the molecule is CC(N)(c1ccsc1)c1ccc(Br)cc1Cl. The summed E-state index contributed by atoms with van der Waals surface area (Å²) in [5.74, 6) is 0. The second-order valence-electron chi connectivity index (χ2n) is 3.84. The summed E-state index contributed by atoms with van der Waals surface area (Å²) in [5.41, 5.74) is 7.84. The Morgan fingerprint density at radius 2 is 2.12 bits per heavy atom. The topological polar surface area (TPSA) is 26.0 Å². The Balaban J connectivity index is 2.51. The molecule has 0 saturated heterocycles. The van der Waals surface area contributed by atoms with Crippen LogP contribution in [0.2, 0.25) is 5.02 Å². The highest BCUT2D eigenvalue weighted by atomic mass is 79.9. The summed E-state index contributed by atoms with van der Waals surface area (Å²) >= 11 is 11.3. The van der Waals surface area contributed by atoms with Crippen molar-refractivity contribution < 1.29 is 0 Å². The van der Waals surface area contributed by atoms with Crippen LogP contribution in [0.25, 0.3) is 0 Å². The van der Waals surface area contributed by atoms with Crippen LogP contribution in [0.3, 0.4) is 0 Å². The summed E-state index contributed by atoms with van der Waals surface area (Å²) in [4.78, 5) is 0. The number of rotatable bonds is 2. The molecule has 0 bridgehead atoms. The van der Waals surface area contributed by atoms with Crippen molar-refractivity contribution in [2.45, 2.75) is 12.5 Å². The van der Waals surface area contributed by atoms with Gasteiger partial charge in [-0.2, -0.15) is 11.3 Å². The lowest BCUT2D eigenvalue weighted by Crippen LogP contribution is -2.34. The second kappa shape index (κ2) is 4.49. The van der Waals surface area contributed by atoms with Gasteiger partial charge in [0.15, 0.2) is 0 Å². The smallest absolute Gasteiger partial charge is 0.0659 e. The normalized spacial score (nSPS) is 14.8. The highest BCUT2D eigenvalue weighted by molar-refractivity contribution is 9.10. The van der Waals surface area contributed by atoms with E-state index < -0.39 is 5.54 Å². The van der Waals surface area contributed by atoms with Gasteiger partial charge in [0.2, 0.25) is 0 Å². The highest BCUT2D eigenvalue weighted by Gasteiger charge is 2.26. The average Bonchev–Trinajstić information content (AvgIpc) is 2.69. The minimum atomic E-state index is -0.544. The molecule has 1 aromatic heterocycles. The lowest BCUT2D eigenvalue weighted by atomic mass is 9.87. The third-order valence-corrected chi connectivity index (χ3v) is 4.10. The fraction of sp³-hybridized carbons (Fsp3) is 0.167. The van der Waals surface area contributed by atoms with Crippen LogP contribution in [0.1, 0.15) is 18.1 Å². The molecule has 0 aliphatic carbocycles. The van der Waals surface area contributed by atoms with E-state index in [1.54, 1.807) is 11.3 Å². The van der Waals surface area contributed by atoms with E-state index in [0.717, 1.165) is 15.6 Å². The van der Waals surface area contributed by atoms with Gasteiger partial charge in [-0.1, -0.05) is 33.6 Å². The summed E-state index contributed by atoms with van der Waals surface area (Å²) < 4.78 is 0.961. The lowest BCUT2D eigenvalue weighted by molar-refractivity contribution is 0.606. The second-order valence-corrected chi connectivity index (χ2v) is 5.94. The first-order valence-corrected chi connectivity index (χ1v) is 6.90. The van der Waals surface area contributed by atoms with Gasteiger partial charge in [-0.15, -0.1) is 0 Å². The Hall–Kier alpha value is -0.350. The lowest BCUT2D eigenvalue weighted by Gasteiger charge is -2.25. The monoisotopic (exact) mass is 315 g/mol. The van der Waals surface area contributed by atoms with E-state index in [9.17, 15) is 0 Å². The number of thiophene rings is 1. The van der Waals surface area contributed by atoms with Gasteiger partial charge in [-0.3, -0.25) is 0 Å². The van der Waals surface area contributed by atoms with Gasteiger partial charge in [-0.25, -0.2) is 0 Å². The molecule has 0 saturated carbocycles. The number of hydrogen-bond donors (Lipinski definition) is 1. The molecule has 4 heteroatoms. The molecule has 0 spiro atoms. The minimum absolute atomic E-state index is 0.544. The van der Waals surface area contributed by atoms with Gasteiger partial charge < -0.3 is 5.73 Å². The summed E-state index contributed by atoms with van der Waals surface area (Å²) in [6.07, 6.45) is 0. The van der Waals surface area contributed by atoms with E-state index >= 15 is 0 Å². The molecular weight excluding hydrogens is 306 g/mol. The minimum Gasteiger partial charge on any atom is -0.318 e. The molecule has 84 valence electrons. The molecule has 0 radical (unpaired) electrons. The fourth-order valence-corrected chi connectivity index (χ4v) is 3.27. The van der Waals surface area contributed by atoms with Crippen molar-refractivity contribution >= 4 is 38.9 Å². The molecule has 16 heavy (non-hydrogen) atoms. The predicted molar refractivity (Wildman–Crippen MR) is 74.1 cm³/mol. The average molecular weight is 317 g/mol. The number of nitrogens with two attached hydrogens (primary N) is 1. The number of halogens is 2. The standard InChI is InChI=1S/C12H11BrClNS/c1-12(15,8-4-5-16-7-8)10-3-2-9(13)6-11(10)14/h2-7H,15H2,1H3. The van der Waals surface area contributed by atoms with Gasteiger partial charge in [0.1, 0.15) is 0 Å². The molecule has 1 heterocycles. The van der Waals surface area contributed by atoms with Crippen molar-refractivity contribution in [3.05, 3.63) is 55.6 Å². The molecule has 2 aromatic rings. The van der Waals surface area contributed by atoms with Crippen LogP contribution in [0.5, 0.6) is 0 Å². The molecule has 1 atom stereocenters. The molecule has 1 aromatic carbocycles. The van der Waals surface area contributed by atoms with E-state index in [0.29, 0.717) is 5.02 Å². The van der Waals surface area contributed by atoms with E-state index in [1.165, 1.54) is 0 Å². The first kappa shape index (κ1) is 12.1. The molecule has 1 nitrogen and oxygen atoms in total. The molecule has 0 aliphatic heterocycles. The Bertz CT molecular complexity index is 494. The maximum atomic E-state index is 6.36. The van der Waals surface area contributed by atoms with E-state index in [-0.39, 0.29) is 0 Å². The fourth-order valence-electron chi connectivity index (χ4n) is 1.63. The zero-order valence-corrected chi connectivity index (χ0v) is 11.9. The summed E-state index contributed by atoms with van der Waals surface area (Å²) in [5, 5.41) is 4.76. The molecule has 2 N–H and O–H groups in total. The highest BCUT2D eigenvalue weighted by Crippen LogP contribution is 2.34. The first-order valence-electron chi connectivity index (χ1n) is 4.79. The Labute approximate surface area is 112 Å². The Kier molecular flexibility index (Phi) is 3.40. The molecule has 0 fully saturated rings. The predicted octanol–water partition coefficient (Wildman–Crippen LogP) is 4.39. The van der Waals surface area contributed by atoms with Crippen LogP contribution in [0.15, 0.2) is 39.5 Å². The van der Waals surface area contributed by atoms with Gasteiger partial charge in [0.25, 0.3) is 0 Å². The third kappa shape index (κ3) is 2.18. The van der Waals surface area contributed by atoms with Crippen LogP contribution in [0, 0.1) is 0 Å². The first-order chi connectivity index (χ1) is 7.51. The molecule has 2 rings (SSSR count). The quantitative estimate of drug-likeness (QED) is 0.874. The van der Waals surface area contributed by atoms with Crippen LogP contribution in [-0.4, -0.2) is 0 Å². The zero-order chi connectivity index (χ0) is 11.8. The van der Waals surface area contributed by atoms with Gasteiger partial charge in [0, 0.05) is 9.50 Å². The van der Waals surface area contributed by atoms with E-state index in [1.807, 2.05) is 36.6 Å². The van der Waals surface area contributed by atoms with Crippen molar-refractivity contribution in [2.75, 3.05) is 0 Å².